The van der Waals surface area contributed by atoms with Crippen LogP contribution in [-0.2, 0) is 12.7 Å². The van der Waals surface area contributed by atoms with Crippen LogP contribution in [0, 0.1) is 10.1 Å². The number of aromatic nitrogens is 2. The van der Waals surface area contributed by atoms with E-state index in [1.165, 1.54) is 10.9 Å². The number of nitro groups is 1. The molecule has 0 N–H and O–H groups in total. The van der Waals surface area contributed by atoms with Crippen molar-refractivity contribution in [3.05, 3.63) is 91.3 Å². The number of nitrogens with zero attached hydrogens (tertiary/aromatic N) is 5. The van der Waals surface area contributed by atoms with Crippen LogP contribution < -0.4 is 15.4 Å². The monoisotopic (exact) mass is 493 g/mol. The van der Waals surface area contributed by atoms with Gasteiger partial charge in [0.2, 0.25) is 0 Å². The third-order valence-corrected chi connectivity index (χ3v) is 5.96. The number of anilines is 2. The summed E-state index contributed by atoms with van der Waals surface area (Å²) >= 11 is 6.35. The molecule has 2 aromatic carbocycles. The topological polar surface area (TPSA) is 84.5 Å². The maximum Gasteiger partial charge on any atom is 0.416 e. The first kappa shape index (κ1) is 23.6. The van der Waals surface area contributed by atoms with E-state index >= 15 is 0 Å². The van der Waals surface area contributed by atoms with Gasteiger partial charge >= 0.3 is 6.18 Å². The lowest BCUT2D eigenvalue weighted by molar-refractivity contribution is -0.384. The second kappa shape index (κ2) is 9.34. The van der Waals surface area contributed by atoms with Crippen molar-refractivity contribution in [3.8, 4) is 0 Å². The van der Waals surface area contributed by atoms with E-state index < -0.39 is 27.9 Å². The third-order valence-electron chi connectivity index (χ3n) is 5.60. The minimum absolute atomic E-state index is 0.0138. The minimum Gasteiger partial charge on any atom is -0.365 e. The van der Waals surface area contributed by atoms with Crippen LogP contribution in [0.3, 0.4) is 0 Å². The zero-order valence-corrected chi connectivity index (χ0v) is 18.5. The summed E-state index contributed by atoms with van der Waals surface area (Å²) in [5, 5.41) is 15.7. The quantitative estimate of drug-likeness (QED) is 0.391. The SMILES string of the molecule is O=c1c(Cl)c(N2CCN(c3ccc(C(F)(F)F)cc3[N+](=O)[O-])CC2)cnn1Cc1ccccc1. The fourth-order valence-corrected chi connectivity index (χ4v) is 4.11. The Hall–Kier alpha value is -3.60. The van der Waals surface area contributed by atoms with Gasteiger partial charge in [0.1, 0.15) is 10.7 Å². The van der Waals surface area contributed by atoms with E-state index in [0.717, 1.165) is 17.7 Å². The molecule has 34 heavy (non-hydrogen) atoms. The lowest BCUT2D eigenvalue weighted by atomic mass is 10.1. The summed E-state index contributed by atoms with van der Waals surface area (Å²) in [4.78, 5) is 26.8. The Bertz CT molecular complexity index is 1260. The van der Waals surface area contributed by atoms with Gasteiger partial charge in [0.25, 0.3) is 11.2 Å². The average Bonchev–Trinajstić information content (AvgIpc) is 2.82. The number of hydrogen-bond donors (Lipinski definition) is 0. The highest BCUT2D eigenvalue weighted by molar-refractivity contribution is 6.33. The summed E-state index contributed by atoms with van der Waals surface area (Å²) in [6.45, 7) is 1.54. The second-order valence-corrected chi connectivity index (χ2v) is 8.10. The van der Waals surface area contributed by atoms with Crippen molar-refractivity contribution in [2.75, 3.05) is 36.0 Å². The van der Waals surface area contributed by atoms with Crippen LogP contribution in [0.15, 0.2) is 59.5 Å². The normalized spacial score (nSPS) is 14.4. The van der Waals surface area contributed by atoms with Crippen molar-refractivity contribution in [2.24, 2.45) is 0 Å². The Kier molecular flexibility index (Phi) is 6.47. The Morgan fingerprint density at radius 1 is 1.00 bits per heavy atom. The number of halogens is 4. The summed E-state index contributed by atoms with van der Waals surface area (Å²) in [5.74, 6) is 0. The molecule has 8 nitrogen and oxygen atoms in total. The maximum atomic E-state index is 13.0. The summed E-state index contributed by atoms with van der Waals surface area (Å²) in [7, 11) is 0. The highest BCUT2D eigenvalue weighted by Gasteiger charge is 2.34. The van der Waals surface area contributed by atoms with Gasteiger partial charge < -0.3 is 9.80 Å². The molecule has 0 unspecified atom stereocenters. The molecule has 178 valence electrons. The number of alkyl halides is 3. The second-order valence-electron chi connectivity index (χ2n) is 7.72. The molecule has 0 bridgehead atoms. The first-order chi connectivity index (χ1) is 16.1. The Balaban J connectivity index is 1.51. The van der Waals surface area contributed by atoms with Crippen molar-refractivity contribution in [3.63, 3.8) is 0 Å². The molecular weight excluding hydrogens is 475 g/mol. The smallest absolute Gasteiger partial charge is 0.365 e. The summed E-state index contributed by atoms with van der Waals surface area (Å²) in [6, 6.07) is 11.8. The van der Waals surface area contributed by atoms with Crippen LogP contribution in [0.25, 0.3) is 0 Å². The van der Waals surface area contributed by atoms with Crippen LogP contribution in [0.1, 0.15) is 11.1 Å². The lowest BCUT2D eigenvalue weighted by Crippen LogP contribution is -2.47. The zero-order valence-electron chi connectivity index (χ0n) is 17.7. The molecule has 1 aliphatic heterocycles. The van der Waals surface area contributed by atoms with Crippen LogP contribution in [0.5, 0.6) is 0 Å². The van der Waals surface area contributed by atoms with Crippen LogP contribution in [0.4, 0.5) is 30.2 Å². The van der Waals surface area contributed by atoms with E-state index in [9.17, 15) is 28.1 Å². The average molecular weight is 494 g/mol. The fraction of sp³-hybridized carbons (Fsp3) is 0.273. The first-order valence-corrected chi connectivity index (χ1v) is 10.7. The van der Waals surface area contributed by atoms with Crippen molar-refractivity contribution in [1.29, 1.82) is 0 Å². The predicted octanol–water partition coefficient (Wildman–Crippen LogP) is 4.20. The van der Waals surface area contributed by atoms with Gasteiger partial charge in [-0.05, 0) is 17.7 Å². The van der Waals surface area contributed by atoms with Crippen molar-refractivity contribution in [2.45, 2.75) is 12.7 Å². The van der Waals surface area contributed by atoms with Gasteiger partial charge in [0.05, 0.1) is 28.9 Å². The van der Waals surface area contributed by atoms with Crippen LogP contribution in [-0.4, -0.2) is 40.9 Å². The van der Waals surface area contributed by atoms with Gasteiger partial charge in [-0.25, -0.2) is 4.68 Å². The molecule has 1 saturated heterocycles. The molecule has 0 atom stereocenters. The number of benzene rings is 2. The van der Waals surface area contributed by atoms with Gasteiger partial charge in [0.15, 0.2) is 0 Å². The Morgan fingerprint density at radius 2 is 1.62 bits per heavy atom. The van der Waals surface area contributed by atoms with E-state index in [4.69, 9.17) is 11.6 Å². The van der Waals surface area contributed by atoms with Gasteiger partial charge in [-0.3, -0.25) is 14.9 Å². The molecule has 0 amide bonds. The third kappa shape index (κ3) is 4.84. The van der Waals surface area contributed by atoms with Crippen molar-refractivity contribution >= 4 is 28.7 Å². The first-order valence-electron chi connectivity index (χ1n) is 10.3. The van der Waals surface area contributed by atoms with Crippen LogP contribution >= 0.6 is 11.6 Å². The van der Waals surface area contributed by atoms with Gasteiger partial charge in [-0.1, -0.05) is 41.9 Å². The summed E-state index contributed by atoms with van der Waals surface area (Å²) < 4.78 is 40.2. The minimum atomic E-state index is -4.67. The Labute approximate surface area is 196 Å². The zero-order chi connectivity index (χ0) is 24.5. The number of nitro benzene ring substituents is 1. The largest absolute Gasteiger partial charge is 0.416 e. The summed E-state index contributed by atoms with van der Waals surface area (Å²) in [5.41, 5.74) is -0.670. The number of hydrogen-bond acceptors (Lipinski definition) is 6. The van der Waals surface area contributed by atoms with Gasteiger partial charge in [0, 0.05) is 32.2 Å². The van der Waals surface area contributed by atoms with E-state index in [1.807, 2.05) is 35.2 Å². The lowest BCUT2D eigenvalue weighted by Gasteiger charge is -2.37. The Morgan fingerprint density at radius 3 is 2.21 bits per heavy atom. The van der Waals surface area contributed by atoms with Gasteiger partial charge in [-0.2, -0.15) is 18.3 Å². The molecule has 0 radical (unpaired) electrons. The van der Waals surface area contributed by atoms with E-state index in [2.05, 4.69) is 5.10 Å². The number of piperazine rings is 1. The molecule has 1 aromatic heterocycles. The molecule has 3 aromatic rings. The van der Waals surface area contributed by atoms with Crippen LogP contribution in [0.2, 0.25) is 5.02 Å². The molecule has 1 fully saturated rings. The maximum absolute atomic E-state index is 13.0. The summed E-state index contributed by atoms with van der Waals surface area (Å²) in [6.07, 6.45) is -3.17. The van der Waals surface area contributed by atoms with Crippen molar-refractivity contribution < 1.29 is 18.1 Å². The number of rotatable bonds is 5. The molecule has 12 heteroatoms. The predicted molar refractivity (Wildman–Crippen MR) is 122 cm³/mol. The van der Waals surface area contributed by atoms with E-state index in [1.54, 1.807) is 4.90 Å². The molecule has 2 heterocycles. The van der Waals surface area contributed by atoms with E-state index in [-0.39, 0.29) is 30.3 Å². The molecule has 4 rings (SSSR count). The van der Waals surface area contributed by atoms with Gasteiger partial charge in [-0.15, -0.1) is 0 Å². The van der Waals surface area contributed by atoms with Crippen molar-refractivity contribution in [1.82, 2.24) is 9.78 Å². The fourth-order valence-electron chi connectivity index (χ4n) is 3.85. The van der Waals surface area contributed by atoms with E-state index in [0.29, 0.717) is 24.8 Å². The molecule has 1 aliphatic rings. The molecular formula is C22H19ClF3N5O3. The molecule has 0 spiro atoms. The molecule has 0 saturated carbocycles. The highest BCUT2D eigenvalue weighted by Crippen LogP contribution is 2.37. The molecule has 0 aliphatic carbocycles. The highest BCUT2D eigenvalue weighted by atomic mass is 35.5. The standard InChI is InChI=1S/C22H19ClF3N5O3/c23-20-19(13-27-30(21(20)32)14-15-4-2-1-3-5-15)29-10-8-28(9-11-29)17-7-6-16(22(24,25)26)12-18(17)31(33)34/h1-7,12-13H,8-11,14H2.